The molecule has 1 aromatic carbocycles. The van der Waals surface area contributed by atoms with Gasteiger partial charge in [0.25, 0.3) is 0 Å². The van der Waals surface area contributed by atoms with E-state index < -0.39 is 0 Å². The lowest BCUT2D eigenvalue weighted by Gasteiger charge is -2.08. The van der Waals surface area contributed by atoms with E-state index in [1.165, 1.54) is 41.6 Å². The first-order valence-electron chi connectivity index (χ1n) is 6.55. The summed E-state index contributed by atoms with van der Waals surface area (Å²) < 4.78 is 2.12. The number of rotatable bonds is 2. The maximum Gasteiger partial charge on any atom is 0.122 e. The van der Waals surface area contributed by atoms with E-state index in [1.807, 2.05) is 7.05 Å². The molecule has 1 heterocycles. The average Bonchev–Trinajstić information content (AvgIpc) is 2.93. The van der Waals surface area contributed by atoms with Crippen LogP contribution in [-0.2, 0) is 26.4 Å². The SMILES string of the molecule is Cc1nc(CN)n(C)c1-c1ccc2c(c1)CCC2. The van der Waals surface area contributed by atoms with E-state index >= 15 is 0 Å². The zero-order valence-electron chi connectivity index (χ0n) is 11.0. The van der Waals surface area contributed by atoms with Gasteiger partial charge in [0, 0.05) is 12.6 Å². The molecule has 0 aliphatic heterocycles. The van der Waals surface area contributed by atoms with Crippen LogP contribution in [-0.4, -0.2) is 9.55 Å². The quantitative estimate of drug-likeness (QED) is 0.877. The third kappa shape index (κ3) is 1.66. The molecule has 94 valence electrons. The maximum atomic E-state index is 5.72. The van der Waals surface area contributed by atoms with E-state index in [9.17, 15) is 0 Å². The highest BCUT2D eigenvalue weighted by Crippen LogP contribution is 2.29. The third-order valence-electron chi connectivity index (χ3n) is 3.92. The van der Waals surface area contributed by atoms with Crippen molar-refractivity contribution in [1.82, 2.24) is 9.55 Å². The maximum absolute atomic E-state index is 5.72. The van der Waals surface area contributed by atoms with Crippen molar-refractivity contribution in [2.24, 2.45) is 12.8 Å². The molecule has 0 saturated carbocycles. The van der Waals surface area contributed by atoms with Crippen LogP contribution >= 0.6 is 0 Å². The van der Waals surface area contributed by atoms with Gasteiger partial charge in [-0.15, -0.1) is 0 Å². The first-order valence-corrected chi connectivity index (χ1v) is 6.55. The monoisotopic (exact) mass is 241 g/mol. The van der Waals surface area contributed by atoms with Crippen LogP contribution in [0.5, 0.6) is 0 Å². The van der Waals surface area contributed by atoms with Crippen LogP contribution in [0.25, 0.3) is 11.3 Å². The second-order valence-corrected chi connectivity index (χ2v) is 5.06. The summed E-state index contributed by atoms with van der Waals surface area (Å²) in [5.74, 6) is 0.947. The molecule has 0 saturated heterocycles. The summed E-state index contributed by atoms with van der Waals surface area (Å²) in [6.45, 7) is 2.55. The molecule has 0 atom stereocenters. The molecule has 3 heteroatoms. The minimum Gasteiger partial charge on any atom is -0.330 e. The van der Waals surface area contributed by atoms with Crippen molar-refractivity contribution in [3.8, 4) is 11.3 Å². The second kappa shape index (κ2) is 4.25. The third-order valence-corrected chi connectivity index (χ3v) is 3.92. The predicted octanol–water partition coefficient (Wildman–Crippen LogP) is 2.34. The summed E-state index contributed by atoms with van der Waals surface area (Å²) in [6.07, 6.45) is 3.73. The van der Waals surface area contributed by atoms with E-state index in [0.29, 0.717) is 6.54 Å². The topological polar surface area (TPSA) is 43.8 Å². The Morgan fingerprint density at radius 3 is 2.78 bits per heavy atom. The van der Waals surface area contributed by atoms with Gasteiger partial charge in [0.1, 0.15) is 5.82 Å². The van der Waals surface area contributed by atoms with Crippen LogP contribution in [0.15, 0.2) is 18.2 Å². The molecule has 0 fully saturated rings. The van der Waals surface area contributed by atoms with Crippen LogP contribution in [0.2, 0.25) is 0 Å². The van der Waals surface area contributed by atoms with E-state index in [1.54, 1.807) is 0 Å². The number of nitrogens with zero attached hydrogens (tertiary/aromatic N) is 2. The van der Waals surface area contributed by atoms with Crippen molar-refractivity contribution < 1.29 is 0 Å². The molecule has 1 aliphatic carbocycles. The zero-order valence-corrected chi connectivity index (χ0v) is 11.0. The fourth-order valence-corrected chi connectivity index (χ4v) is 3.00. The Kier molecular flexibility index (Phi) is 2.71. The number of imidazole rings is 1. The summed E-state index contributed by atoms with van der Waals surface area (Å²) in [5, 5.41) is 0. The predicted molar refractivity (Wildman–Crippen MR) is 73.3 cm³/mol. The largest absolute Gasteiger partial charge is 0.330 e. The summed E-state index contributed by atoms with van der Waals surface area (Å²) in [5.41, 5.74) is 12.3. The molecular formula is C15H19N3. The molecule has 2 N–H and O–H groups in total. The number of aromatic nitrogens is 2. The van der Waals surface area contributed by atoms with Crippen molar-refractivity contribution in [2.75, 3.05) is 0 Å². The van der Waals surface area contributed by atoms with Gasteiger partial charge in [-0.25, -0.2) is 4.98 Å². The smallest absolute Gasteiger partial charge is 0.122 e. The van der Waals surface area contributed by atoms with Gasteiger partial charge >= 0.3 is 0 Å². The van der Waals surface area contributed by atoms with E-state index in [0.717, 1.165) is 11.5 Å². The number of fused-ring (bicyclic) bond motifs is 1. The van der Waals surface area contributed by atoms with Crippen molar-refractivity contribution >= 4 is 0 Å². The van der Waals surface area contributed by atoms with Gasteiger partial charge < -0.3 is 10.3 Å². The first kappa shape index (κ1) is 11.5. The molecule has 1 aliphatic rings. The number of nitrogens with two attached hydrogens (primary N) is 1. The van der Waals surface area contributed by atoms with Gasteiger partial charge in [-0.1, -0.05) is 12.1 Å². The molecule has 0 unspecified atom stereocenters. The van der Waals surface area contributed by atoms with Crippen LogP contribution in [0, 0.1) is 6.92 Å². The molecule has 2 aromatic rings. The molecule has 0 radical (unpaired) electrons. The minimum atomic E-state index is 0.488. The van der Waals surface area contributed by atoms with Crippen molar-refractivity contribution in [2.45, 2.75) is 32.7 Å². The lowest BCUT2D eigenvalue weighted by Crippen LogP contribution is -2.05. The summed E-state index contributed by atoms with van der Waals surface area (Å²) in [4.78, 5) is 4.54. The van der Waals surface area contributed by atoms with Crippen LogP contribution in [0.1, 0.15) is 29.1 Å². The highest BCUT2D eigenvalue weighted by atomic mass is 15.1. The Morgan fingerprint density at radius 1 is 1.28 bits per heavy atom. The Hall–Kier alpha value is -1.61. The molecule has 3 nitrogen and oxygen atoms in total. The molecule has 3 rings (SSSR count). The molecule has 18 heavy (non-hydrogen) atoms. The Morgan fingerprint density at radius 2 is 2.06 bits per heavy atom. The zero-order chi connectivity index (χ0) is 12.7. The molecule has 0 bridgehead atoms. The van der Waals surface area contributed by atoms with Gasteiger partial charge in [0.05, 0.1) is 17.9 Å². The van der Waals surface area contributed by atoms with Gasteiger partial charge in [0.2, 0.25) is 0 Å². The lowest BCUT2D eigenvalue weighted by atomic mass is 10.0. The first-order chi connectivity index (χ1) is 8.70. The molecule has 1 aromatic heterocycles. The standard InChI is InChI=1S/C15H19N3/c1-10-15(18(2)14(9-16)17-10)13-7-6-11-4-3-5-12(11)8-13/h6-8H,3-5,9,16H2,1-2H3. The van der Waals surface area contributed by atoms with Gasteiger partial charge in [-0.05, 0) is 43.4 Å². The van der Waals surface area contributed by atoms with Crippen molar-refractivity contribution in [1.29, 1.82) is 0 Å². The highest BCUT2D eigenvalue weighted by molar-refractivity contribution is 5.65. The lowest BCUT2D eigenvalue weighted by molar-refractivity contribution is 0.798. The number of aryl methyl sites for hydroxylation is 3. The fourth-order valence-electron chi connectivity index (χ4n) is 3.00. The van der Waals surface area contributed by atoms with Gasteiger partial charge in [-0.2, -0.15) is 0 Å². The summed E-state index contributed by atoms with van der Waals surface area (Å²) in [6, 6.07) is 6.81. The molecular weight excluding hydrogens is 222 g/mol. The number of hydrogen-bond donors (Lipinski definition) is 1. The molecule has 0 amide bonds. The van der Waals surface area contributed by atoms with Gasteiger partial charge in [0.15, 0.2) is 0 Å². The summed E-state index contributed by atoms with van der Waals surface area (Å²) in [7, 11) is 2.05. The fraction of sp³-hybridized carbons (Fsp3) is 0.400. The molecule has 0 spiro atoms. The Balaban J connectivity index is 2.12. The van der Waals surface area contributed by atoms with E-state index in [-0.39, 0.29) is 0 Å². The Bertz CT molecular complexity index is 596. The van der Waals surface area contributed by atoms with Crippen LogP contribution in [0.3, 0.4) is 0 Å². The normalized spacial score (nSPS) is 13.9. The highest BCUT2D eigenvalue weighted by Gasteiger charge is 2.16. The van der Waals surface area contributed by atoms with Crippen LogP contribution in [0.4, 0.5) is 0 Å². The van der Waals surface area contributed by atoms with E-state index in [4.69, 9.17) is 5.73 Å². The summed E-state index contributed by atoms with van der Waals surface area (Å²) >= 11 is 0. The van der Waals surface area contributed by atoms with Gasteiger partial charge in [-0.3, -0.25) is 0 Å². The van der Waals surface area contributed by atoms with Crippen molar-refractivity contribution in [3.63, 3.8) is 0 Å². The van der Waals surface area contributed by atoms with Crippen LogP contribution < -0.4 is 5.73 Å². The second-order valence-electron chi connectivity index (χ2n) is 5.06. The number of benzene rings is 1. The van der Waals surface area contributed by atoms with Crippen molar-refractivity contribution in [3.05, 3.63) is 40.8 Å². The van der Waals surface area contributed by atoms with E-state index in [2.05, 4.69) is 34.7 Å². The minimum absolute atomic E-state index is 0.488. The number of hydrogen-bond acceptors (Lipinski definition) is 2. The Labute approximate surface area is 108 Å². The average molecular weight is 241 g/mol.